The number of nitrogens with one attached hydrogen (secondary N) is 1. The van der Waals surface area contributed by atoms with Gasteiger partial charge in [-0.25, -0.2) is 0 Å². The van der Waals surface area contributed by atoms with Gasteiger partial charge >= 0.3 is 0 Å². The summed E-state index contributed by atoms with van der Waals surface area (Å²) in [6, 6.07) is 8.75. The van der Waals surface area contributed by atoms with Crippen molar-refractivity contribution < 1.29 is 9.47 Å². The van der Waals surface area contributed by atoms with Gasteiger partial charge in [0, 0.05) is 16.7 Å². The lowest BCUT2D eigenvalue weighted by Crippen LogP contribution is -2.31. The first-order valence-corrected chi connectivity index (χ1v) is 7.52. The number of ether oxygens (including phenoxy) is 2. The maximum Gasteiger partial charge on any atom is 0.162 e. The third kappa shape index (κ3) is 3.34. The monoisotopic (exact) mass is 276 g/mol. The van der Waals surface area contributed by atoms with E-state index in [4.69, 9.17) is 14.7 Å². The van der Waals surface area contributed by atoms with Crippen LogP contribution in [0, 0.1) is 11.3 Å². The molecule has 2 aliphatic rings. The van der Waals surface area contributed by atoms with Gasteiger partial charge in [0.25, 0.3) is 0 Å². The van der Waals surface area contributed by atoms with Crippen LogP contribution in [-0.2, 0) is 0 Å². The second kappa shape index (κ2) is 5.72. The van der Waals surface area contributed by atoms with Gasteiger partial charge in [-0.3, -0.25) is 5.32 Å². The summed E-state index contributed by atoms with van der Waals surface area (Å²) in [5.41, 5.74) is 0. The van der Waals surface area contributed by atoms with Crippen LogP contribution in [0.2, 0.25) is 0 Å². The molecule has 1 aliphatic carbocycles. The van der Waals surface area contributed by atoms with Crippen LogP contribution in [0.4, 0.5) is 0 Å². The molecule has 4 nitrogen and oxygen atoms in total. The maximum atomic E-state index is 9.10. The standard InChI is InChI=1S/C14H16N2O2S/c15-8-11(16-10-1-2-10)9-19-12-3-4-13-14(7-12)18-6-5-17-13/h3-4,7,10-11,16H,1-2,5-6,9H2. The Labute approximate surface area is 117 Å². The lowest BCUT2D eigenvalue weighted by molar-refractivity contribution is 0.171. The molecule has 1 fully saturated rings. The van der Waals surface area contributed by atoms with Gasteiger partial charge in [-0.05, 0) is 31.0 Å². The topological polar surface area (TPSA) is 54.3 Å². The summed E-state index contributed by atoms with van der Waals surface area (Å²) in [5.74, 6) is 2.37. The minimum atomic E-state index is -0.0781. The summed E-state index contributed by atoms with van der Waals surface area (Å²) in [7, 11) is 0. The molecular formula is C14H16N2O2S. The van der Waals surface area contributed by atoms with Crippen LogP contribution in [0.3, 0.4) is 0 Å². The van der Waals surface area contributed by atoms with E-state index in [2.05, 4.69) is 11.4 Å². The van der Waals surface area contributed by atoms with E-state index in [1.807, 2.05) is 18.2 Å². The highest BCUT2D eigenvalue weighted by Gasteiger charge is 2.24. The molecular weight excluding hydrogens is 260 g/mol. The fourth-order valence-electron chi connectivity index (χ4n) is 1.95. The Hall–Kier alpha value is -1.38. The minimum absolute atomic E-state index is 0.0781. The predicted molar refractivity (Wildman–Crippen MR) is 73.7 cm³/mol. The molecule has 100 valence electrons. The van der Waals surface area contributed by atoms with Gasteiger partial charge in [-0.2, -0.15) is 5.26 Å². The average molecular weight is 276 g/mol. The fourth-order valence-corrected chi connectivity index (χ4v) is 2.83. The second-order valence-electron chi connectivity index (χ2n) is 4.74. The molecule has 0 amide bonds. The SMILES string of the molecule is N#CC(CSc1ccc2c(c1)OCCO2)NC1CC1. The predicted octanol–water partition coefficient (Wildman–Crippen LogP) is 2.19. The number of hydrogen-bond acceptors (Lipinski definition) is 5. The van der Waals surface area contributed by atoms with E-state index in [0.717, 1.165) is 22.1 Å². The van der Waals surface area contributed by atoms with E-state index in [9.17, 15) is 0 Å². The molecule has 0 bridgehead atoms. The molecule has 0 saturated heterocycles. The Morgan fingerprint density at radius 3 is 2.84 bits per heavy atom. The molecule has 3 rings (SSSR count). The summed E-state index contributed by atoms with van der Waals surface area (Å²) >= 11 is 1.68. The molecule has 1 heterocycles. The number of fused-ring (bicyclic) bond motifs is 1. The zero-order chi connectivity index (χ0) is 13.1. The smallest absolute Gasteiger partial charge is 0.162 e. The van der Waals surface area contributed by atoms with Crippen LogP contribution in [0.1, 0.15) is 12.8 Å². The van der Waals surface area contributed by atoms with Gasteiger partial charge in [0.1, 0.15) is 19.3 Å². The van der Waals surface area contributed by atoms with Gasteiger partial charge in [0.2, 0.25) is 0 Å². The van der Waals surface area contributed by atoms with E-state index in [1.165, 1.54) is 12.8 Å². The first-order chi connectivity index (χ1) is 9.35. The maximum absolute atomic E-state index is 9.10. The van der Waals surface area contributed by atoms with Crippen molar-refractivity contribution in [2.45, 2.75) is 29.8 Å². The van der Waals surface area contributed by atoms with Gasteiger partial charge in [0.15, 0.2) is 11.5 Å². The van der Waals surface area contributed by atoms with Crippen molar-refractivity contribution in [3.8, 4) is 17.6 Å². The molecule has 0 spiro atoms. The summed E-state index contributed by atoms with van der Waals surface area (Å²) < 4.78 is 11.0. The summed E-state index contributed by atoms with van der Waals surface area (Å²) in [5, 5.41) is 12.4. The van der Waals surface area contributed by atoms with E-state index in [0.29, 0.717) is 19.3 Å². The lowest BCUT2D eigenvalue weighted by Gasteiger charge is -2.19. The molecule has 1 unspecified atom stereocenters. The Morgan fingerprint density at radius 1 is 1.32 bits per heavy atom. The van der Waals surface area contributed by atoms with Gasteiger partial charge in [0.05, 0.1) is 6.07 Å². The Morgan fingerprint density at radius 2 is 2.11 bits per heavy atom. The molecule has 1 N–H and O–H groups in total. The van der Waals surface area contributed by atoms with Crippen LogP contribution in [0.25, 0.3) is 0 Å². The fraction of sp³-hybridized carbons (Fsp3) is 0.500. The molecule has 0 aromatic heterocycles. The van der Waals surface area contributed by atoms with Gasteiger partial charge in [-0.1, -0.05) is 0 Å². The highest BCUT2D eigenvalue weighted by atomic mass is 32.2. The van der Waals surface area contributed by atoms with Crippen molar-refractivity contribution in [1.82, 2.24) is 5.32 Å². The van der Waals surface area contributed by atoms with Crippen LogP contribution < -0.4 is 14.8 Å². The first-order valence-electron chi connectivity index (χ1n) is 6.53. The van der Waals surface area contributed by atoms with E-state index in [1.54, 1.807) is 11.8 Å². The zero-order valence-corrected chi connectivity index (χ0v) is 11.4. The summed E-state index contributed by atoms with van der Waals surface area (Å²) in [6.45, 7) is 1.21. The molecule has 0 radical (unpaired) electrons. The van der Waals surface area contributed by atoms with Crippen molar-refractivity contribution in [3.05, 3.63) is 18.2 Å². The lowest BCUT2D eigenvalue weighted by atomic mass is 10.3. The summed E-state index contributed by atoms with van der Waals surface area (Å²) in [6.07, 6.45) is 2.40. The molecule has 1 aliphatic heterocycles. The molecule has 1 aromatic carbocycles. The van der Waals surface area contributed by atoms with Crippen molar-refractivity contribution in [2.24, 2.45) is 0 Å². The van der Waals surface area contributed by atoms with Crippen LogP contribution in [0.5, 0.6) is 11.5 Å². The minimum Gasteiger partial charge on any atom is -0.486 e. The number of nitrogens with zero attached hydrogens (tertiary/aromatic N) is 1. The second-order valence-corrected chi connectivity index (χ2v) is 5.83. The van der Waals surface area contributed by atoms with E-state index >= 15 is 0 Å². The zero-order valence-electron chi connectivity index (χ0n) is 10.6. The van der Waals surface area contributed by atoms with Crippen LogP contribution in [-0.4, -0.2) is 31.1 Å². The number of nitriles is 1. The van der Waals surface area contributed by atoms with E-state index in [-0.39, 0.29) is 6.04 Å². The summed E-state index contributed by atoms with van der Waals surface area (Å²) in [4.78, 5) is 1.11. The molecule has 1 atom stereocenters. The first kappa shape index (κ1) is 12.6. The highest BCUT2D eigenvalue weighted by molar-refractivity contribution is 7.99. The normalized spacial score (nSPS) is 18.7. The largest absolute Gasteiger partial charge is 0.486 e. The highest BCUT2D eigenvalue weighted by Crippen LogP contribution is 2.34. The average Bonchev–Trinajstić information content (AvgIpc) is 3.27. The number of rotatable bonds is 5. The molecule has 1 saturated carbocycles. The van der Waals surface area contributed by atoms with Crippen molar-refractivity contribution >= 4 is 11.8 Å². The Balaban J connectivity index is 1.58. The Kier molecular flexibility index (Phi) is 3.81. The van der Waals surface area contributed by atoms with Crippen LogP contribution in [0.15, 0.2) is 23.1 Å². The third-order valence-electron chi connectivity index (χ3n) is 3.10. The van der Waals surface area contributed by atoms with E-state index < -0.39 is 0 Å². The van der Waals surface area contributed by atoms with Gasteiger partial charge < -0.3 is 9.47 Å². The third-order valence-corrected chi connectivity index (χ3v) is 4.19. The number of benzene rings is 1. The molecule has 19 heavy (non-hydrogen) atoms. The van der Waals surface area contributed by atoms with Gasteiger partial charge in [-0.15, -0.1) is 11.8 Å². The quantitative estimate of drug-likeness (QED) is 0.836. The molecule has 5 heteroatoms. The number of hydrogen-bond donors (Lipinski definition) is 1. The molecule has 1 aromatic rings. The number of thioether (sulfide) groups is 1. The van der Waals surface area contributed by atoms with Crippen molar-refractivity contribution in [2.75, 3.05) is 19.0 Å². The van der Waals surface area contributed by atoms with Crippen LogP contribution >= 0.6 is 11.8 Å². The van der Waals surface area contributed by atoms with Crippen molar-refractivity contribution in [3.63, 3.8) is 0 Å². The Bertz CT molecular complexity index is 497. The van der Waals surface area contributed by atoms with Crippen molar-refractivity contribution in [1.29, 1.82) is 5.26 Å².